The third-order valence-electron chi connectivity index (χ3n) is 4.47. The number of nitrogens with zero attached hydrogens (tertiary/aromatic N) is 2. The van der Waals surface area contributed by atoms with E-state index >= 15 is 0 Å². The molecule has 1 aromatic heterocycles. The summed E-state index contributed by atoms with van der Waals surface area (Å²) in [4.78, 5) is 13.8. The van der Waals surface area contributed by atoms with Crippen LogP contribution >= 0.6 is 0 Å². The first-order chi connectivity index (χ1) is 12.9. The Hall–Kier alpha value is -2.58. The average molecular weight is 389 g/mol. The second-order valence-corrected chi connectivity index (χ2v) is 7.99. The highest BCUT2D eigenvalue weighted by Crippen LogP contribution is 2.18. The summed E-state index contributed by atoms with van der Waals surface area (Å²) in [6, 6.07) is 14.4. The van der Waals surface area contributed by atoms with Gasteiger partial charge in [-0.3, -0.25) is 4.57 Å². The van der Waals surface area contributed by atoms with Crippen molar-refractivity contribution in [3.8, 4) is 0 Å². The molecule has 3 rings (SSSR count). The van der Waals surface area contributed by atoms with Crippen LogP contribution in [-0.2, 0) is 17.1 Å². The van der Waals surface area contributed by atoms with E-state index in [2.05, 4.69) is 16.5 Å². The van der Waals surface area contributed by atoms with Gasteiger partial charge >= 0.3 is 5.76 Å². The van der Waals surface area contributed by atoms with Crippen molar-refractivity contribution in [3.05, 3.63) is 59.1 Å². The Morgan fingerprint density at radius 3 is 2.59 bits per heavy atom. The maximum absolute atomic E-state index is 12.5. The number of hydrogen-bond donors (Lipinski definition) is 1. The first kappa shape index (κ1) is 19.2. The maximum atomic E-state index is 12.5. The number of nitrogens with one attached hydrogen (secondary N) is 1. The van der Waals surface area contributed by atoms with Crippen LogP contribution in [0.3, 0.4) is 0 Å². The SMILES string of the molecule is CCN(CCCNS(=O)(=O)c1ccc2c(c1)oc(=O)n2C)c1ccccc1. The first-order valence-electron chi connectivity index (χ1n) is 8.81. The predicted octanol–water partition coefficient (Wildman–Crippen LogP) is 2.33. The van der Waals surface area contributed by atoms with Gasteiger partial charge in [0.2, 0.25) is 10.0 Å². The van der Waals surface area contributed by atoms with E-state index in [0.29, 0.717) is 18.5 Å². The fraction of sp³-hybridized carbons (Fsp3) is 0.316. The first-order valence-corrected chi connectivity index (χ1v) is 10.3. The molecule has 1 N–H and O–H groups in total. The van der Waals surface area contributed by atoms with Gasteiger partial charge in [-0.05, 0) is 37.6 Å². The van der Waals surface area contributed by atoms with Crippen molar-refractivity contribution in [2.24, 2.45) is 7.05 Å². The van der Waals surface area contributed by atoms with E-state index in [1.54, 1.807) is 13.1 Å². The van der Waals surface area contributed by atoms with Crippen molar-refractivity contribution < 1.29 is 12.8 Å². The Kier molecular flexibility index (Phi) is 5.67. The number of sulfonamides is 1. The molecule has 0 saturated heterocycles. The van der Waals surface area contributed by atoms with E-state index in [-0.39, 0.29) is 10.5 Å². The number of oxazole rings is 1. The molecule has 2 aromatic carbocycles. The lowest BCUT2D eigenvalue weighted by atomic mass is 10.2. The van der Waals surface area contributed by atoms with Gasteiger partial charge in [0.25, 0.3) is 0 Å². The van der Waals surface area contributed by atoms with Gasteiger partial charge in [-0.2, -0.15) is 0 Å². The summed E-state index contributed by atoms with van der Waals surface area (Å²) in [5, 5.41) is 0. The van der Waals surface area contributed by atoms with Crippen molar-refractivity contribution in [1.82, 2.24) is 9.29 Å². The summed E-state index contributed by atoms with van der Waals surface area (Å²) in [6.07, 6.45) is 0.671. The number of benzene rings is 2. The van der Waals surface area contributed by atoms with Crippen LogP contribution in [0.1, 0.15) is 13.3 Å². The number of hydrogen-bond acceptors (Lipinski definition) is 5. The van der Waals surface area contributed by atoms with Gasteiger partial charge < -0.3 is 9.32 Å². The van der Waals surface area contributed by atoms with Crippen molar-refractivity contribution in [1.29, 1.82) is 0 Å². The number of aromatic nitrogens is 1. The second-order valence-electron chi connectivity index (χ2n) is 6.22. The van der Waals surface area contributed by atoms with E-state index in [1.807, 2.05) is 30.3 Å². The highest BCUT2D eigenvalue weighted by molar-refractivity contribution is 7.89. The summed E-state index contributed by atoms with van der Waals surface area (Å²) in [5.74, 6) is -0.520. The van der Waals surface area contributed by atoms with Crippen LogP contribution in [-0.4, -0.2) is 32.6 Å². The lowest BCUT2D eigenvalue weighted by molar-refractivity contribution is 0.527. The number of para-hydroxylation sites is 1. The van der Waals surface area contributed by atoms with Gasteiger partial charge in [-0.25, -0.2) is 17.9 Å². The van der Waals surface area contributed by atoms with Gasteiger partial charge in [0.1, 0.15) is 0 Å². The molecule has 0 aliphatic rings. The van der Waals surface area contributed by atoms with Crippen LogP contribution < -0.4 is 15.4 Å². The zero-order valence-electron chi connectivity index (χ0n) is 15.4. The van der Waals surface area contributed by atoms with E-state index in [0.717, 1.165) is 18.8 Å². The molecule has 8 heteroatoms. The molecule has 0 aliphatic carbocycles. The fourth-order valence-electron chi connectivity index (χ4n) is 2.95. The molecule has 0 bridgehead atoms. The van der Waals surface area contributed by atoms with Crippen LogP contribution in [0.15, 0.2) is 62.6 Å². The quantitative estimate of drug-likeness (QED) is 0.598. The highest BCUT2D eigenvalue weighted by atomic mass is 32.2. The summed E-state index contributed by atoms with van der Waals surface area (Å²) >= 11 is 0. The van der Waals surface area contributed by atoms with E-state index in [4.69, 9.17) is 4.42 Å². The molecule has 0 spiro atoms. The summed E-state index contributed by atoms with van der Waals surface area (Å²) in [7, 11) is -2.09. The van der Waals surface area contributed by atoms with Crippen molar-refractivity contribution in [2.75, 3.05) is 24.5 Å². The number of aryl methyl sites for hydroxylation is 1. The Bertz CT molecular complexity index is 1070. The maximum Gasteiger partial charge on any atom is 0.419 e. The van der Waals surface area contributed by atoms with Crippen LogP contribution in [0.2, 0.25) is 0 Å². The van der Waals surface area contributed by atoms with Crippen molar-refractivity contribution in [3.63, 3.8) is 0 Å². The Morgan fingerprint density at radius 1 is 1.15 bits per heavy atom. The average Bonchev–Trinajstić information content (AvgIpc) is 2.96. The lowest BCUT2D eigenvalue weighted by Crippen LogP contribution is -2.30. The van der Waals surface area contributed by atoms with Gasteiger partial charge in [0.05, 0.1) is 10.4 Å². The second kappa shape index (κ2) is 7.98. The van der Waals surface area contributed by atoms with Gasteiger partial charge in [0, 0.05) is 38.4 Å². The molecule has 144 valence electrons. The molecule has 0 saturated carbocycles. The third-order valence-corrected chi connectivity index (χ3v) is 5.93. The summed E-state index contributed by atoms with van der Waals surface area (Å²) in [5.41, 5.74) is 1.93. The fourth-order valence-corrected chi connectivity index (χ4v) is 4.04. The van der Waals surface area contributed by atoms with Crippen LogP contribution in [0.25, 0.3) is 11.1 Å². The summed E-state index contributed by atoms with van der Waals surface area (Å²) < 4.78 is 34.0. The molecule has 0 unspecified atom stereocenters. The molecule has 0 fully saturated rings. The predicted molar refractivity (Wildman–Crippen MR) is 106 cm³/mol. The van der Waals surface area contributed by atoms with Gasteiger partial charge in [0.15, 0.2) is 5.58 Å². The highest BCUT2D eigenvalue weighted by Gasteiger charge is 2.16. The van der Waals surface area contributed by atoms with Crippen molar-refractivity contribution in [2.45, 2.75) is 18.2 Å². The Labute approximate surface area is 158 Å². The molecule has 7 nitrogen and oxygen atoms in total. The summed E-state index contributed by atoms with van der Waals surface area (Å²) in [6.45, 7) is 3.98. The molecule has 27 heavy (non-hydrogen) atoms. The minimum Gasteiger partial charge on any atom is -0.408 e. The van der Waals surface area contributed by atoms with E-state index < -0.39 is 15.8 Å². The molecule has 0 aliphatic heterocycles. The molecule has 3 aromatic rings. The number of rotatable bonds is 8. The number of anilines is 1. The third kappa shape index (κ3) is 4.23. The largest absolute Gasteiger partial charge is 0.419 e. The molecule has 0 atom stereocenters. The minimum absolute atomic E-state index is 0.0831. The normalized spacial score (nSPS) is 11.8. The smallest absolute Gasteiger partial charge is 0.408 e. The van der Waals surface area contributed by atoms with E-state index in [1.165, 1.54) is 16.7 Å². The topological polar surface area (TPSA) is 84.6 Å². The Balaban J connectivity index is 1.62. The monoisotopic (exact) mass is 389 g/mol. The zero-order chi connectivity index (χ0) is 19.4. The number of fused-ring (bicyclic) bond motifs is 1. The molecule has 0 amide bonds. The van der Waals surface area contributed by atoms with Crippen LogP contribution in [0, 0.1) is 0 Å². The van der Waals surface area contributed by atoms with E-state index in [9.17, 15) is 13.2 Å². The zero-order valence-corrected chi connectivity index (χ0v) is 16.2. The molecule has 1 heterocycles. The lowest BCUT2D eigenvalue weighted by Gasteiger charge is -2.23. The van der Waals surface area contributed by atoms with Crippen LogP contribution in [0.4, 0.5) is 5.69 Å². The van der Waals surface area contributed by atoms with Crippen LogP contribution in [0.5, 0.6) is 0 Å². The van der Waals surface area contributed by atoms with Gasteiger partial charge in [-0.1, -0.05) is 18.2 Å². The molecular weight excluding hydrogens is 366 g/mol. The van der Waals surface area contributed by atoms with Gasteiger partial charge in [-0.15, -0.1) is 0 Å². The molecule has 0 radical (unpaired) electrons. The Morgan fingerprint density at radius 2 is 1.89 bits per heavy atom. The van der Waals surface area contributed by atoms with Crippen molar-refractivity contribution >= 4 is 26.8 Å². The standard InChI is InChI=1S/C19H23N3O4S/c1-3-22(15-8-5-4-6-9-15)13-7-12-20-27(24,25)16-10-11-17-18(14-16)26-19(23)21(17)2/h4-6,8-11,14,20H,3,7,12-13H2,1-2H3. The minimum atomic E-state index is -3.66. The molecular formula is C19H23N3O4S.